The Morgan fingerprint density at radius 2 is 1.93 bits per heavy atom. The highest BCUT2D eigenvalue weighted by Crippen LogP contribution is 2.48. The second-order valence-electron chi connectivity index (χ2n) is 4.62. The summed E-state index contributed by atoms with van der Waals surface area (Å²) >= 11 is 2.11. The van der Waals surface area contributed by atoms with E-state index in [0.29, 0.717) is 0 Å². The topological polar surface area (TPSA) is 12.0 Å². The van der Waals surface area contributed by atoms with Gasteiger partial charge in [0.05, 0.1) is 0 Å². The molecule has 3 heteroatoms. The standard InChI is InChI=1S/C11H21NS.ClH/c1-2-11(5-6-11)9-12-10-3-7-13-8-4-10;/h10,12H,2-9H2,1H3;1H. The Morgan fingerprint density at radius 1 is 1.29 bits per heavy atom. The molecule has 2 fully saturated rings. The lowest BCUT2D eigenvalue weighted by Gasteiger charge is -2.25. The predicted molar refractivity (Wildman–Crippen MR) is 67.6 cm³/mol. The highest BCUT2D eigenvalue weighted by atomic mass is 35.5. The Labute approximate surface area is 98.2 Å². The van der Waals surface area contributed by atoms with Crippen molar-refractivity contribution in [1.29, 1.82) is 0 Å². The zero-order valence-electron chi connectivity index (χ0n) is 9.05. The first-order chi connectivity index (χ1) is 6.35. The molecule has 84 valence electrons. The molecular weight excluding hydrogens is 214 g/mol. The second kappa shape index (κ2) is 5.62. The number of hydrogen-bond donors (Lipinski definition) is 1. The molecule has 0 amide bonds. The Bertz CT molecular complexity index is 165. The molecule has 1 aliphatic carbocycles. The normalized spacial score (nSPS) is 25.5. The van der Waals surface area contributed by atoms with Crippen LogP contribution in [0.2, 0.25) is 0 Å². The molecule has 0 unspecified atom stereocenters. The molecule has 1 heterocycles. The number of halogens is 1. The van der Waals surface area contributed by atoms with Gasteiger partial charge in [0, 0.05) is 12.6 Å². The Hall–Kier alpha value is 0.600. The van der Waals surface area contributed by atoms with E-state index in [9.17, 15) is 0 Å². The van der Waals surface area contributed by atoms with E-state index in [4.69, 9.17) is 0 Å². The van der Waals surface area contributed by atoms with Crippen LogP contribution in [0.5, 0.6) is 0 Å². The highest BCUT2D eigenvalue weighted by Gasteiger charge is 2.40. The van der Waals surface area contributed by atoms with Gasteiger partial charge in [-0.2, -0.15) is 11.8 Å². The molecule has 14 heavy (non-hydrogen) atoms. The SMILES string of the molecule is CCC1(CNC2CCSCC2)CC1.Cl. The lowest BCUT2D eigenvalue weighted by Crippen LogP contribution is -2.36. The van der Waals surface area contributed by atoms with E-state index in [1.807, 2.05) is 0 Å². The predicted octanol–water partition coefficient (Wildman–Crippen LogP) is 3.08. The van der Waals surface area contributed by atoms with Crippen LogP contribution in [-0.2, 0) is 0 Å². The van der Waals surface area contributed by atoms with Gasteiger partial charge in [-0.05, 0) is 49.0 Å². The minimum atomic E-state index is 0. The van der Waals surface area contributed by atoms with Gasteiger partial charge in [0.1, 0.15) is 0 Å². The second-order valence-corrected chi connectivity index (χ2v) is 5.85. The summed E-state index contributed by atoms with van der Waals surface area (Å²) in [5, 5.41) is 3.76. The van der Waals surface area contributed by atoms with Crippen LogP contribution in [0.25, 0.3) is 0 Å². The first kappa shape index (κ1) is 12.7. The fourth-order valence-corrected chi connectivity index (χ4v) is 3.20. The van der Waals surface area contributed by atoms with Crippen molar-refractivity contribution in [3.05, 3.63) is 0 Å². The van der Waals surface area contributed by atoms with Crippen LogP contribution in [0.3, 0.4) is 0 Å². The van der Waals surface area contributed by atoms with E-state index >= 15 is 0 Å². The summed E-state index contributed by atoms with van der Waals surface area (Å²) in [5.74, 6) is 2.74. The molecule has 1 aliphatic heterocycles. The number of thioether (sulfide) groups is 1. The van der Waals surface area contributed by atoms with Gasteiger partial charge in [0.2, 0.25) is 0 Å². The van der Waals surface area contributed by atoms with Crippen molar-refractivity contribution in [1.82, 2.24) is 5.32 Å². The molecule has 1 N–H and O–H groups in total. The van der Waals surface area contributed by atoms with Gasteiger partial charge in [0.15, 0.2) is 0 Å². The van der Waals surface area contributed by atoms with Crippen LogP contribution in [0.4, 0.5) is 0 Å². The maximum absolute atomic E-state index is 3.76. The zero-order chi connectivity index (χ0) is 9.15. The quantitative estimate of drug-likeness (QED) is 0.804. The van der Waals surface area contributed by atoms with Gasteiger partial charge in [-0.1, -0.05) is 6.92 Å². The summed E-state index contributed by atoms with van der Waals surface area (Å²) in [5.41, 5.74) is 0.727. The molecule has 1 saturated heterocycles. The van der Waals surface area contributed by atoms with Crippen molar-refractivity contribution in [3.8, 4) is 0 Å². The Kier molecular flexibility index (Phi) is 5.09. The van der Waals surface area contributed by atoms with E-state index in [2.05, 4.69) is 24.0 Å². The summed E-state index contributed by atoms with van der Waals surface area (Å²) in [6, 6.07) is 0.838. The first-order valence-electron chi connectivity index (χ1n) is 5.66. The minimum Gasteiger partial charge on any atom is -0.313 e. The summed E-state index contributed by atoms with van der Waals surface area (Å²) < 4.78 is 0. The maximum atomic E-state index is 3.76. The fraction of sp³-hybridized carbons (Fsp3) is 1.00. The number of nitrogens with one attached hydrogen (secondary N) is 1. The largest absolute Gasteiger partial charge is 0.313 e. The molecule has 0 aromatic rings. The third-order valence-corrected chi connectivity index (χ3v) is 4.74. The van der Waals surface area contributed by atoms with Crippen molar-refractivity contribution in [2.24, 2.45) is 5.41 Å². The monoisotopic (exact) mass is 235 g/mol. The van der Waals surface area contributed by atoms with Gasteiger partial charge in [-0.15, -0.1) is 12.4 Å². The van der Waals surface area contributed by atoms with Crippen LogP contribution >= 0.6 is 24.2 Å². The molecule has 0 aromatic carbocycles. The molecule has 0 aromatic heterocycles. The lowest BCUT2D eigenvalue weighted by atomic mass is 10.0. The third kappa shape index (κ3) is 3.32. The molecule has 0 bridgehead atoms. The van der Waals surface area contributed by atoms with Crippen molar-refractivity contribution >= 4 is 24.2 Å². The lowest BCUT2D eigenvalue weighted by molar-refractivity contribution is 0.387. The van der Waals surface area contributed by atoms with Gasteiger partial charge in [-0.3, -0.25) is 0 Å². The molecule has 0 radical (unpaired) electrons. The summed E-state index contributed by atoms with van der Waals surface area (Å²) in [6.45, 7) is 3.63. The number of rotatable bonds is 4. The van der Waals surface area contributed by atoms with Gasteiger partial charge >= 0.3 is 0 Å². The first-order valence-corrected chi connectivity index (χ1v) is 6.81. The van der Waals surface area contributed by atoms with Crippen molar-refractivity contribution < 1.29 is 0 Å². The maximum Gasteiger partial charge on any atom is 0.00830 e. The third-order valence-electron chi connectivity index (χ3n) is 3.69. The minimum absolute atomic E-state index is 0. The fourth-order valence-electron chi connectivity index (χ4n) is 2.09. The van der Waals surface area contributed by atoms with Crippen LogP contribution in [0, 0.1) is 5.41 Å². The zero-order valence-corrected chi connectivity index (χ0v) is 10.7. The molecule has 1 nitrogen and oxygen atoms in total. The average molecular weight is 236 g/mol. The van der Waals surface area contributed by atoms with E-state index in [-0.39, 0.29) is 12.4 Å². The van der Waals surface area contributed by atoms with Gasteiger partial charge < -0.3 is 5.32 Å². The molecule has 0 spiro atoms. The molecule has 1 saturated carbocycles. The summed E-state index contributed by atoms with van der Waals surface area (Å²) in [7, 11) is 0. The Morgan fingerprint density at radius 3 is 2.43 bits per heavy atom. The van der Waals surface area contributed by atoms with E-state index < -0.39 is 0 Å². The van der Waals surface area contributed by atoms with Crippen molar-refractivity contribution in [3.63, 3.8) is 0 Å². The summed E-state index contributed by atoms with van der Waals surface area (Å²) in [4.78, 5) is 0. The van der Waals surface area contributed by atoms with Crippen LogP contribution in [0.1, 0.15) is 39.0 Å². The molecular formula is C11H22ClNS. The van der Waals surface area contributed by atoms with Gasteiger partial charge in [-0.25, -0.2) is 0 Å². The number of hydrogen-bond acceptors (Lipinski definition) is 2. The van der Waals surface area contributed by atoms with E-state index in [1.54, 1.807) is 0 Å². The van der Waals surface area contributed by atoms with E-state index in [0.717, 1.165) is 11.5 Å². The molecule has 2 rings (SSSR count). The highest BCUT2D eigenvalue weighted by molar-refractivity contribution is 7.99. The van der Waals surface area contributed by atoms with Crippen LogP contribution in [0.15, 0.2) is 0 Å². The Balaban J connectivity index is 0.000000980. The van der Waals surface area contributed by atoms with E-state index in [1.165, 1.54) is 50.2 Å². The average Bonchev–Trinajstić information content (AvgIpc) is 2.97. The summed E-state index contributed by atoms with van der Waals surface area (Å²) in [6.07, 6.45) is 7.10. The van der Waals surface area contributed by atoms with Crippen molar-refractivity contribution in [2.45, 2.75) is 45.1 Å². The smallest absolute Gasteiger partial charge is 0.00830 e. The van der Waals surface area contributed by atoms with Crippen LogP contribution in [-0.4, -0.2) is 24.1 Å². The van der Waals surface area contributed by atoms with Gasteiger partial charge in [0.25, 0.3) is 0 Å². The molecule has 2 aliphatic rings. The van der Waals surface area contributed by atoms with Crippen LogP contribution < -0.4 is 5.32 Å². The van der Waals surface area contributed by atoms with Crippen molar-refractivity contribution in [2.75, 3.05) is 18.1 Å². The molecule has 0 atom stereocenters.